The van der Waals surface area contributed by atoms with Gasteiger partial charge in [0.2, 0.25) is 5.91 Å². The van der Waals surface area contributed by atoms with Crippen LogP contribution in [-0.2, 0) is 9.53 Å². The number of ether oxygens (including phenoxy) is 1. The lowest BCUT2D eigenvalue weighted by molar-refractivity contribution is -0.114. The second kappa shape index (κ2) is 9.93. The fourth-order valence-electron chi connectivity index (χ4n) is 3.23. The molecule has 1 heterocycles. The van der Waals surface area contributed by atoms with E-state index in [2.05, 4.69) is 27.5 Å². The van der Waals surface area contributed by atoms with Crippen molar-refractivity contribution in [3.8, 4) is 0 Å². The molecule has 0 unspecified atom stereocenters. The predicted molar refractivity (Wildman–Crippen MR) is 116 cm³/mol. The Morgan fingerprint density at radius 1 is 1.00 bits per heavy atom. The molecule has 7 nitrogen and oxygen atoms in total. The first-order valence-electron chi connectivity index (χ1n) is 9.90. The van der Waals surface area contributed by atoms with Crippen LogP contribution in [0.4, 0.5) is 17.1 Å². The van der Waals surface area contributed by atoms with Crippen molar-refractivity contribution in [3.05, 3.63) is 54.1 Å². The predicted octanol–water partition coefficient (Wildman–Crippen LogP) is 2.67. The standard InChI is InChI=1S/C22H28N4O3/c1-3-29-22(28)19-6-4-5-7-20(19)23-16-21(27)24-17-8-10-18(11-9-17)26-14-12-25(2)13-15-26/h4-11,23H,3,12-16H2,1-2H3,(H,24,27). The number of benzene rings is 2. The third-order valence-electron chi connectivity index (χ3n) is 4.88. The van der Waals surface area contributed by atoms with E-state index >= 15 is 0 Å². The van der Waals surface area contributed by atoms with E-state index in [9.17, 15) is 9.59 Å². The van der Waals surface area contributed by atoms with E-state index in [1.807, 2.05) is 24.3 Å². The van der Waals surface area contributed by atoms with Crippen molar-refractivity contribution in [2.45, 2.75) is 6.92 Å². The minimum Gasteiger partial charge on any atom is -0.462 e. The van der Waals surface area contributed by atoms with Gasteiger partial charge in [-0.1, -0.05) is 12.1 Å². The van der Waals surface area contributed by atoms with Crippen LogP contribution in [0.2, 0.25) is 0 Å². The van der Waals surface area contributed by atoms with Gasteiger partial charge in [-0.05, 0) is 50.4 Å². The molecule has 0 radical (unpaired) electrons. The molecule has 0 atom stereocenters. The number of carbonyl (C=O) groups is 2. The molecule has 0 spiro atoms. The molecule has 3 rings (SSSR count). The summed E-state index contributed by atoms with van der Waals surface area (Å²) in [6, 6.07) is 14.9. The van der Waals surface area contributed by atoms with Crippen LogP contribution in [-0.4, -0.2) is 63.2 Å². The number of hydrogen-bond donors (Lipinski definition) is 2. The highest BCUT2D eigenvalue weighted by molar-refractivity contribution is 5.98. The largest absolute Gasteiger partial charge is 0.462 e. The molecule has 2 N–H and O–H groups in total. The smallest absolute Gasteiger partial charge is 0.340 e. The maximum Gasteiger partial charge on any atom is 0.340 e. The van der Waals surface area contributed by atoms with E-state index in [0.29, 0.717) is 17.9 Å². The minimum atomic E-state index is -0.407. The van der Waals surface area contributed by atoms with Gasteiger partial charge in [-0.3, -0.25) is 4.79 Å². The van der Waals surface area contributed by atoms with Crippen molar-refractivity contribution >= 4 is 28.9 Å². The van der Waals surface area contributed by atoms with Gasteiger partial charge in [0.25, 0.3) is 0 Å². The summed E-state index contributed by atoms with van der Waals surface area (Å²) >= 11 is 0. The molecular formula is C22H28N4O3. The number of piperazine rings is 1. The van der Waals surface area contributed by atoms with Crippen molar-refractivity contribution in [2.75, 3.05) is 61.9 Å². The maximum atomic E-state index is 12.3. The van der Waals surface area contributed by atoms with E-state index in [1.54, 1.807) is 31.2 Å². The Hall–Kier alpha value is -3.06. The zero-order valence-electron chi connectivity index (χ0n) is 17.0. The van der Waals surface area contributed by atoms with Gasteiger partial charge in [-0.25, -0.2) is 4.79 Å². The highest BCUT2D eigenvalue weighted by atomic mass is 16.5. The van der Waals surface area contributed by atoms with Gasteiger partial charge < -0.3 is 25.2 Å². The van der Waals surface area contributed by atoms with Crippen LogP contribution in [0.5, 0.6) is 0 Å². The summed E-state index contributed by atoms with van der Waals surface area (Å²) in [5.41, 5.74) is 2.90. The van der Waals surface area contributed by atoms with Crippen molar-refractivity contribution < 1.29 is 14.3 Å². The topological polar surface area (TPSA) is 73.9 Å². The lowest BCUT2D eigenvalue weighted by atomic mass is 10.2. The molecule has 1 saturated heterocycles. The molecule has 1 aliphatic rings. The van der Waals surface area contributed by atoms with Gasteiger partial charge in [-0.15, -0.1) is 0 Å². The quantitative estimate of drug-likeness (QED) is 0.701. The number of amides is 1. The van der Waals surface area contributed by atoms with Gasteiger partial charge in [0, 0.05) is 43.2 Å². The summed E-state index contributed by atoms with van der Waals surface area (Å²) < 4.78 is 5.05. The minimum absolute atomic E-state index is 0.0522. The van der Waals surface area contributed by atoms with E-state index in [0.717, 1.165) is 37.6 Å². The molecule has 1 fully saturated rings. The molecular weight excluding hydrogens is 368 g/mol. The molecule has 0 bridgehead atoms. The fourth-order valence-corrected chi connectivity index (χ4v) is 3.23. The summed E-state index contributed by atoms with van der Waals surface area (Å²) in [4.78, 5) is 29.0. The normalized spacial score (nSPS) is 14.3. The van der Waals surface area contributed by atoms with Gasteiger partial charge in [0.15, 0.2) is 0 Å². The number of esters is 1. The van der Waals surface area contributed by atoms with Crippen molar-refractivity contribution in [1.82, 2.24) is 4.90 Å². The number of nitrogens with zero attached hydrogens (tertiary/aromatic N) is 2. The molecule has 2 aromatic carbocycles. The van der Waals surface area contributed by atoms with Crippen LogP contribution in [0.15, 0.2) is 48.5 Å². The monoisotopic (exact) mass is 396 g/mol. The molecule has 0 aliphatic carbocycles. The zero-order chi connectivity index (χ0) is 20.6. The van der Waals surface area contributed by atoms with Crippen LogP contribution in [0, 0.1) is 0 Å². The third-order valence-corrected chi connectivity index (χ3v) is 4.88. The average molecular weight is 396 g/mol. The van der Waals surface area contributed by atoms with E-state index < -0.39 is 5.97 Å². The fraction of sp³-hybridized carbons (Fsp3) is 0.364. The number of para-hydroxylation sites is 1. The Balaban J connectivity index is 1.53. The Labute approximate surface area is 171 Å². The van der Waals surface area contributed by atoms with Crippen LogP contribution in [0.25, 0.3) is 0 Å². The van der Waals surface area contributed by atoms with Crippen molar-refractivity contribution in [1.29, 1.82) is 0 Å². The Bertz CT molecular complexity index is 830. The van der Waals surface area contributed by atoms with Crippen LogP contribution >= 0.6 is 0 Å². The zero-order valence-corrected chi connectivity index (χ0v) is 17.0. The summed E-state index contributed by atoms with van der Waals surface area (Å²) in [5, 5.41) is 5.89. The molecule has 154 valence electrons. The summed E-state index contributed by atoms with van der Waals surface area (Å²) in [5.74, 6) is -0.591. The molecule has 0 saturated carbocycles. The maximum absolute atomic E-state index is 12.3. The van der Waals surface area contributed by atoms with E-state index in [1.165, 1.54) is 0 Å². The third kappa shape index (κ3) is 5.71. The van der Waals surface area contributed by atoms with Gasteiger partial charge in [-0.2, -0.15) is 0 Å². The van der Waals surface area contributed by atoms with Gasteiger partial charge in [0.1, 0.15) is 0 Å². The highest BCUT2D eigenvalue weighted by Gasteiger charge is 2.15. The SMILES string of the molecule is CCOC(=O)c1ccccc1NCC(=O)Nc1ccc(N2CCN(C)CC2)cc1. The Morgan fingerprint density at radius 2 is 1.69 bits per heavy atom. The van der Waals surface area contributed by atoms with Crippen LogP contribution < -0.4 is 15.5 Å². The number of carbonyl (C=O) groups excluding carboxylic acids is 2. The van der Waals surface area contributed by atoms with E-state index in [-0.39, 0.29) is 12.5 Å². The van der Waals surface area contributed by atoms with Gasteiger partial charge >= 0.3 is 5.97 Å². The molecule has 29 heavy (non-hydrogen) atoms. The Kier molecular flexibility index (Phi) is 7.08. The van der Waals surface area contributed by atoms with Crippen molar-refractivity contribution in [2.24, 2.45) is 0 Å². The molecule has 7 heteroatoms. The number of anilines is 3. The second-order valence-corrected chi connectivity index (χ2v) is 7.00. The molecule has 1 amide bonds. The van der Waals surface area contributed by atoms with Crippen LogP contribution in [0.3, 0.4) is 0 Å². The summed E-state index contributed by atoms with van der Waals surface area (Å²) in [6.45, 7) is 6.23. The van der Waals surface area contributed by atoms with Gasteiger partial charge in [0.05, 0.1) is 18.7 Å². The first-order chi connectivity index (χ1) is 14.1. The van der Waals surface area contributed by atoms with Crippen molar-refractivity contribution in [3.63, 3.8) is 0 Å². The Morgan fingerprint density at radius 3 is 2.38 bits per heavy atom. The number of likely N-dealkylation sites (N-methyl/N-ethyl adjacent to an activating group) is 1. The number of nitrogens with one attached hydrogen (secondary N) is 2. The van der Waals surface area contributed by atoms with Crippen LogP contribution in [0.1, 0.15) is 17.3 Å². The average Bonchev–Trinajstić information content (AvgIpc) is 2.74. The summed E-state index contributed by atoms with van der Waals surface area (Å²) in [7, 11) is 2.13. The molecule has 0 aromatic heterocycles. The summed E-state index contributed by atoms with van der Waals surface area (Å²) in [6.07, 6.45) is 0. The van der Waals surface area contributed by atoms with E-state index in [4.69, 9.17) is 4.74 Å². The molecule has 2 aromatic rings. The lowest BCUT2D eigenvalue weighted by Crippen LogP contribution is -2.44. The number of rotatable bonds is 7. The highest BCUT2D eigenvalue weighted by Crippen LogP contribution is 2.20. The lowest BCUT2D eigenvalue weighted by Gasteiger charge is -2.34. The molecule has 1 aliphatic heterocycles. The number of hydrogen-bond acceptors (Lipinski definition) is 6. The first-order valence-corrected chi connectivity index (χ1v) is 9.90. The second-order valence-electron chi connectivity index (χ2n) is 7.00. The first kappa shape index (κ1) is 20.7.